The number of nitrogens with zero attached hydrogens (tertiary/aromatic N) is 2. The fraction of sp³-hybridized carbons (Fsp3) is 0.583. The molecule has 1 atom stereocenters. The largest absolute Gasteiger partial charge is 0.394 e. The van der Waals surface area contributed by atoms with E-state index in [-0.39, 0.29) is 29.7 Å². The fourth-order valence-corrected chi connectivity index (χ4v) is 2.76. The van der Waals surface area contributed by atoms with E-state index in [1.807, 2.05) is 13.8 Å². The van der Waals surface area contributed by atoms with E-state index in [2.05, 4.69) is 10.3 Å². The Morgan fingerprint density at radius 3 is 3.00 bits per heavy atom. The van der Waals surface area contributed by atoms with Gasteiger partial charge in [0.2, 0.25) is 0 Å². The number of carbonyl (C=O) groups is 1. The van der Waals surface area contributed by atoms with Crippen LogP contribution < -0.4 is 10.9 Å². The van der Waals surface area contributed by atoms with Gasteiger partial charge in [-0.2, -0.15) is 0 Å². The van der Waals surface area contributed by atoms with E-state index in [9.17, 15) is 14.7 Å². The van der Waals surface area contributed by atoms with Crippen molar-refractivity contribution in [3.8, 4) is 0 Å². The van der Waals surface area contributed by atoms with Crippen LogP contribution in [0, 0.1) is 5.92 Å². The number of aliphatic hydroxyl groups is 1. The Bertz CT molecular complexity index is 542. The second-order valence-electron chi connectivity index (χ2n) is 4.77. The van der Waals surface area contributed by atoms with E-state index >= 15 is 0 Å². The molecule has 1 aliphatic heterocycles. The Morgan fingerprint density at radius 1 is 1.63 bits per heavy atom. The smallest absolute Gasteiger partial charge is 0.267 e. The quantitative estimate of drug-likeness (QED) is 0.765. The normalized spacial score (nSPS) is 15.4. The maximum Gasteiger partial charge on any atom is 0.267 e. The predicted molar refractivity (Wildman–Crippen MR) is 72.4 cm³/mol. The molecule has 2 heterocycles. The summed E-state index contributed by atoms with van der Waals surface area (Å²) in [6, 6.07) is -0.362. The number of aromatic nitrogens is 2. The highest BCUT2D eigenvalue weighted by Crippen LogP contribution is 2.20. The highest BCUT2D eigenvalue weighted by molar-refractivity contribution is 7.99. The molecule has 0 spiro atoms. The summed E-state index contributed by atoms with van der Waals surface area (Å²) in [5.74, 6) is 0.422. The van der Waals surface area contributed by atoms with Crippen molar-refractivity contribution in [1.82, 2.24) is 14.9 Å². The summed E-state index contributed by atoms with van der Waals surface area (Å²) >= 11 is 1.51. The van der Waals surface area contributed by atoms with E-state index in [4.69, 9.17) is 0 Å². The third-order valence-electron chi connectivity index (χ3n) is 3.12. The predicted octanol–water partition coefficient (Wildman–Crippen LogP) is 0.0957. The number of carbonyl (C=O) groups excluding carboxylic acids is 1. The lowest BCUT2D eigenvalue weighted by molar-refractivity contribution is 0.0894. The number of fused-ring (bicyclic) bond motifs is 1. The first kappa shape index (κ1) is 14.1. The van der Waals surface area contributed by atoms with Gasteiger partial charge in [-0.1, -0.05) is 25.6 Å². The third kappa shape index (κ3) is 2.82. The molecule has 104 valence electrons. The lowest BCUT2D eigenvalue weighted by Gasteiger charge is -2.19. The van der Waals surface area contributed by atoms with Crippen molar-refractivity contribution in [2.75, 3.05) is 12.4 Å². The molecule has 0 saturated heterocycles. The molecule has 0 unspecified atom stereocenters. The summed E-state index contributed by atoms with van der Waals surface area (Å²) in [6.45, 7) is 4.22. The first-order valence-electron chi connectivity index (χ1n) is 6.19. The lowest BCUT2D eigenvalue weighted by atomic mass is 10.1. The zero-order chi connectivity index (χ0) is 14.0. The maximum atomic E-state index is 12.1. The number of hydrogen-bond donors (Lipinski definition) is 2. The van der Waals surface area contributed by atoms with Crippen LogP contribution in [0.2, 0.25) is 0 Å². The molecule has 19 heavy (non-hydrogen) atoms. The molecule has 0 fully saturated rings. The number of amides is 1. The summed E-state index contributed by atoms with van der Waals surface area (Å²) < 4.78 is 1.52. The van der Waals surface area contributed by atoms with Gasteiger partial charge in [0, 0.05) is 18.5 Å². The molecule has 6 nitrogen and oxygen atoms in total. The Morgan fingerprint density at radius 2 is 2.37 bits per heavy atom. The SMILES string of the molecule is CC(C)[C@@H](CO)NC(=O)c1cnc2n(c1=O)CCS2. The zero-order valence-electron chi connectivity index (χ0n) is 10.9. The van der Waals surface area contributed by atoms with E-state index in [1.165, 1.54) is 22.5 Å². The molecule has 1 amide bonds. The van der Waals surface area contributed by atoms with Crippen LogP contribution in [0.5, 0.6) is 0 Å². The monoisotopic (exact) mass is 283 g/mol. The van der Waals surface area contributed by atoms with Gasteiger partial charge >= 0.3 is 0 Å². The minimum absolute atomic E-state index is 0.0327. The van der Waals surface area contributed by atoms with E-state index in [1.54, 1.807) is 0 Å². The lowest BCUT2D eigenvalue weighted by Crippen LogP contribution is -2.43. The van der Waals surface area contributed by atoms with Crippen molar-refractivity contribution in [2.24, 2.45) is 5.92 Å². The van der Waals surface area contributed by atoms with Gasteiger partial charge in [0.05, 0.1) is 12.6 Å². The van der Waals surface area contributed by atoms with Crippen molar-refractivity contribution in [3.05, 3.63) is 22.1 Å². The van der Waals surface area contributed by atoms with E-state index < -0.39 is 5.91 Å². The van der Waals surface area contributed by atoms with E-state index in [0.29, 0.717) is 11.7 Å². The number of thioether (sulfide) groups is 1. The Balaban J connectivity index is 2.23. The summed E-state index contributed by atoms with van der Waals surface area (Å²) in [5, 5.41) is 12.5. The Kier molecular flexibility index (Phi) is 4.26. The molecule has 1 aromatic rings. The van der Waals surface area contributed by atoms with Gasteiger partial charge in [0.25, 0.3) is 11.5 Å². The molecule has 7 heteroatoms. The van der Waals surface area contributed by atoms with Gasteiger partial charge in [0.15, 0.2) is 5.16 Å². The van der Waals surface area contributed by atoms with Gasteiger partial charge in [-0.3, -0.25) is 14.2 Å². The van der Waals surface area contributed by atoms with Crippen molar-refractivity contribution < 1.29 is 9.90 Å². The molecule has 1 aromatic heterocycles. The summed E-state index contributed by atoms with van der Waals surface area (Å²) in [4.78, 5) is 28.3. The van der Waals surface area contributed by atoms with Crippen LogP contribution in [0.25, 0.3) is 0 Å². The van der Waals surface area contributed by atoms with Crippen LogP contribution in [0.15, 0.2) is 16.1 Å². The van der Waals surface area contributed by atoms with Gasteiger partial charge in [-0.25, -0.2) is 4.98 Å². The highest BCUT2D eigenvalue weighted by atomic mass is 32.2. The molecule has 0 bridgehead atoms. The molecule has 0 aliphatic carbocycles. The Labute approximate surface area is 115 Å². The highest BCUT2D eigenvalue weighted by Gasteiger charge is 2.22. The average molecular weight is 283 g/mol. The van der Waals surface area contributed by atoms with Crippen molar-refractivity contribution in [2.45, 2.75) is 31.6 Å². The van der Waals surface area contributed by atoms with Crippen LogP contribution in [-0.2, 0) is 6.54 Å². The Hall–Kier alpha value is -1.34. The number of nitrogens with one attached hydrogen (secondary N) is 1. The molecule has 2 rings (SSSR count). The minimum atomic E-state index is -0.475. The molecule has 0 aromatic carbocycles. The van der Waals surface area contributed by atoms with Gasteiger partial charge in [-0.05, 0) is 5.92 Å². The maximum absolute atomic E-state index is 12.1. The summed E-state index contributed by atoms with van der Waals surface area (Å²) in [7, 11) is 0. The fourth-order valence-electron chi connectivity index (χ4n) is 1.84. The van der Waals surface area contributed by atoms with Gasteiger partial charge in [0.1, 0.15) is 5.56 Å². The standard InChI is InChI=1S/C12H17N3O3S/c1-7(2)9(6-16)14-10(17)8-5-13-12-15(11(8)18)3-4-19-12/h5,7,9,16H,3-4,6H2,1-2H3,(H,14,17)/t9-/m1/s1. The zero-order valence-corrected chi connectivity index (χ0v) is 11.7. The van der Waals surface area contributed by atoms with Gasteiger partial charge in [-0.15, -0.1) is 0 Å². The first-order valence-corrected chi connectivity index (χ1v) is 7.17. The van der Waals surface area contributed by atoms with E-state index in [0.717, 1.165) is 5.75 Å². The second kappa shape index (κ2) is 5.75. The second-order valence-corrected chi connectivity index (χ2v) is 5.83. The van der Waals surface area contributed by atoms with Crippen LogP contribution in [0.3, 0.4) is 0 Å². The van der Waals surface area contributed by atoms with Crippen LogP contribution >= 0.6 is 11.8 Å². The summed E-state index contributed by atoms with van der Waals surface area (Å²) in [6.07, 6.45) is 1.32. The molecule has 0 radical (unpaired) electrons. The first-order chi connectivity index (χ1) is 9.04. The molecular weight excluding hydrogens is 266 g/mol. The summed E-state index contributed by atoms with van der Waals surface area (Å²) in [5.41, 5.74) is -0.279. The average Bonchev–Trinajstić information content (AvgIpc) is 2.84. The topological polar surface area (TPSA) is 84.2 Å². The number of rotatable bonds is 4. The van der Waals surface area contributed by atoms with Crippen LogP contribution in [0.4, 0.5) is 0 Å². The van der Waals surface area contributed by atoms with Gasteiger partial charge < -0.3 is 10.4 Å². The molecular formula is C12H17N3O3S. The molecule has 0 saturated carbocycles. The minimum Gasteiger partial charge on any atom is -0.394 e. The van der Waals surface area contributed by atoms with Crippen molar-refractivity contribution in [1.29, 1.82) is 0 Å². The van der Waals surface area contributed by atoms with Crippen LogP contribution in [0.1, 0.15) is 24.2 Å². The van der Waals surface area contributed by atoms with Crippen molar-refractivity contribution in [3.63, 3.8) is 0 Å². The van der Waals surface area contributed by atoms with Crippen molar-refractivity contribution >= 4 is 17.7 Å². The molecule has 1 aliphatic rings. The third-order valence-corrected chi connectivity index (χ3v) is 4.09. The molecule has 2 N–H and O–H groups in total. The number of hydrogen-bond acceptors (Lipinski definition) is 5. The number of aliphatic hydroxyl groups excluding tert-OH is 1. The van der Waals surface area contributed by atoms with Crippen LogP contribution in [-0.4, -0.2) is 39.0 Å².